The Kier molecular flexibility index (Phi) is 6.29. The number of ether oxygens (including phenoxy) is 1. The van der Waals surface area contributed by atoms with Crippen LogP contribution in [-0.2, 0) is 4.74 Å². The second-order valence-corrected chi connectivity index (χ2v) is 4.02. The monoisotopic (exact) mass is 189 g/mol. The largest absolute Gasteiger partial charge is 0.394 e. The highest BCUT2D eigenvalue weighted by atomic mass is 16.5. The maximum Gasteiger partial charge on any atom is 0.0935 e. The second-order valence-electron chi connectivity index (χ2n) is 4.02. The summed E-state index contributed by atoms with van der Waals surface area (Å²) in [6.07, 6.45) is 0.116. The van der Waals surface area contributed by atoms with Gasteiger partial charge in [0, 0.05) is 12.6 Å². The lowest BCUT2D eigenvalue weighted by Gasteiger charge is -2.27. The molecule has 0 rings (SSSR count). The Labute approximate surface area is 81.7 Å². The molecule has 0 amide bonds. The third kappa shape index (κ3) is 6.02. The fourth-order valence-electron chi connectivity index (χ4n) is 1.06. The summed E-state index contributed by atoms with van der Waals surface area (Å²) in [4.78, 5) is 2.17. The van der Waals surface area contributed by atoms with Gasteiger partial charge >= 0.3 is 0 Å². The molecular formula is C10H23NO2. The molecule has 0 heterocycles. The minimum absolute atomic E-state index is 0.0626. The topological polar surface area (TPSA) is 32.7 Å². The zero-order valence-electron chi connectivity index (χ0n) is 9.45. The molecule has 1 N–H and O–H groups in total. The van der Waals surface area contributed by atoms with Gasteiger partial charge in [0.05, 0.1) is 18.8 Å². The van der Waals surface area contributed by atoms with Crippen LogP contribution in [0.4, 0.5) is 0 Å². The van der Waals surface area contributed by atoms with E-state index in [2.05, 4.69) is 18.7 Å². The Bertz CT molecular complexity index is 126. The molecule has 0 bridgehead atoms. The minimum atomic E-state index is -0.0626. The van der Waals surface area contributed by atoms with Gasteiger partial charge in [0.2, 0.25) is 0 Å². The molecule has 0 radical (unpaired) electrons. The molecule has 0 saturated carbocycles. The van der Waals surface area contributed by atoms with E-state index in [1.807, 2.05) is 20.9 Å². The van der Waals surface area contributed by atoms with E-state index < -0.39 is 0 Å². The molecular weight excluding hydrogens is 166 g/mol. The van der Waals surface area contributed by atoms with E-state index in [1.54, 1.807) is 0 Å². The second kappa shape index (κ2) is 6.35. The van der Waals surface area contributed by atoms with Gasteiger partial charge < -0.3 is 14.7 Å². The van der Waals surface area contributed by atoms with Crippen LogP contribution >= 0.6 is 0 Å². The summed E-state index contributed by atoms with van der Waals surface area (Å²) >= 11 is 0. The first kappa shape index (κ1) is 12.9. The van der Waals surface area contributed by atoms with Crippen LogP contribution in [0.3, 0.4) is 0 Å². The SMILES string of the molecule is CC(C)O[C@H](CO)CN(C)C(C)C. The van der Waals surface area contributed by atoms with Crippen molar-refractivity contribution in [3.05, 3.63) is 0 Å². The zero-order chi connectivity index (χ0) is 10.4. The lowest BCUT2D eigenvalue weighted by molar-refractivity contribution is -0.0396. The van der Waals surface area contributed by atoms with Crippen molar-refractivity contribution in [1.29, 1.82) is 0 Å². The van der Waals surface area contributed by atoms with Gasteiger partial charge in [-0.25, -0.2) is 0 Å². The molecule has 80 valence electrons. The maximum absolute atomic E-state index is 9.05. The van der Waals surface area contributed by atoms with E-state index in [9.17, 15) is 0 Å². The standard InChI is InChI=1S/C10H23NO2/c1-8(2)11(5)6-10(7-12)13-9(3)4/h8-10,12H,6-7H2,1-5H3/t10-/m0/s1. The molecule has 0 aromatic rings. The average molecular weight is 189 g/mol. The van der Waals surface area contributed by atoms with Gasteiger partial charge in [-0.15, -0.1) is 0 Å². The normalized spacial score (nSPS) is 14.5. The van der Waals surface area contributed by atoms with Crippen molar-refractivity contribution in [2.75, 3.05) is 20.2 Å². The van der Waals surface area contributed by atoms with Gasteiger partial charge in [0.15, 0.2) is 0 Å². The predicted octanol–water partition coefficient (Wildman–Crippen LogP) is 1.11. The van der Waals surface area contributed by atoms with Crippen LogP contribution in [0.5, 0.6) is 0 Å². The Hall–Kier alpha value is -0.120. The van der Waals surface area contributed by atoms with Crippen LogP contribution in [0.25, 0.3) is 0 Å². The first-order valence-electron chi connectivity index (χ1n) is 4.94. The highest BCUT2D eigenvalue weighted by molar-refractivity contribution is 4.65. The molecule has 0 unspecified atom stereocenters. The summed E-state index contributed by atoms with van der Waals surface area (Å²) in [5.74, 6) is 0. The van der Waals surface area contributed by atoms with E-state index in [0.29, 0.717) is 6.04 Å². The lowest BCUT2D eigenvalue weighted by atomic mass is 10.3. The minimum Gasteiger partial charge on any atom is -0.394 e. The van der Waals surface area contributed by atoms with Crippen LogP contribution < -0.4 is 0 Å². The van der Waals surface area contributed by atoms with E-state index in [1.165, 1.54) is 0 Å². The Morgan fingerprint density at radius 3 is 2.08 bits per heavy atom. The van der Waals surface area contributed by atoms with Crippen LogP contribution in [0, 0.1) is 0 Å². The van der Waals surface area contributed by atoms with E-state index in [-0.39, 0.29) is 18.8 Å². The third-order valence-electron chi connectivity index (χ3n) is 2.04. The number of hydrogen-bond donors (Lipinski definition) is 1. The number of hydrogen-bond acceptors (Lipinski definition) is 3. The molecule has 13 heavy (non-hydrogen) atoms. The number of aliphatic hydroxyl groups excluding tert-OH is 1. The van der Waals surface area contributed by atoms with Crippen LogP contribution in [0.2, 0.25) is 0 Å². The molecule has 0 spiro atoms. The smallest absolute Gasteiger partial charge is 0.0935 e. The van der Waals surface area contributed by atoms with Crippen molar-refractivity contribution in [3.8, 4) is 0 Å². The van der Waals surface area contributed by atoms with E-state index in [4.69, 9.17) is 9.84 Å². The Morgan fingerprint density at radius 2 is 1.77 bits per heavy atom. The molecule has 1 atom stereocenters. The number of aliphatic hydroxyl groups is 1. The van der Waals surface area contributed by atoms with Crippen molar-refractivity contribution in [3.63, 3.8) is 0 Å². The molecule has 0 fully saturated rings. The van der Waals surface area contributed by atoms with Crippen molar-refractivity contribution >= 4 is 0 Å². The predicted molar refractivity (Wildman–Crippen MR) is 54.9 cm³/mol. The van der Waals surface area contributed by atoms with Gasteiger partial charge in [0.25, 0.3) is 0 Å². The zero-order valence-corrected chi connectivity index (χ0v) is 9.45. The average Bonchev–Trinajstić information content (AvgIpc) is 2.02. The van der Waals surface area contributed by atoms with Crippen LogP contribution in [-0.4, -0.2) is 48.5 Å². The fraction of sp³-hybridized carbons (Fsp3) is 1.00. The first-order chi connectivity index (χ1) is 5.97. The third-order valence-corrected chi connectivity index (χ3v) is 2.04. The fourth-order valence-corrected chi connectivity index (χ4v) is 1.06. The van der Waals surface area contributed by atoms with Gasteiger partial charge in [-0.2, -0.15) is 0 Å². The van der Waals surface area contributed by atoms with E-state index >= 15 is 0 Å². The first-order valence-corrected chi connectivity index (χ1v) is 4.94. The quantitative estimate of drug-likeness (QED) is 0.679. The van der Waals surface area contributed by atoms with Gasteiger partial charge in [-0.3, -0.25) is 0 Å². The highest BCUT2D eigenvalue weighted by Gasteiger charge is 2.14. The summed E-state index contributed by atoms with van der Waals surface area (Å²) in [5, 5.41) is 9.05. The van der Waals surface area contributed by atoms with E-state index in [0.717, 1.165) is 6.54 Å². The van der Waals surface area contributed by atoms with Gasteiger partial charge in [0.1, 0.15) is 0 Å². The summed E-state index contributed by atoms with van der Waals surface area (Å²) in [5.41, 5.74) is 0. The molecule has 0 saturated heterocycles. The number of likely N-dealkylation sites (N-methyl/N-ethyl adjacent to an activating group) is 1. The van der Waals surface area contributed by atoms with Crippen LogP contribution in [0.1, 0.15) is 27.7 Å². The Morgan fingerprint density at radius 1 is 1.23 bits per heavy atom. The molecule has 0 aliphatic heterocycles. The molecule has 0 aromatic heterocycles. The molecule has 3 heteroatoms. The van der Waals surface area contributed by atoms with Crippen molar-refractivity contribution < 1.29 is 9.84 Å². The van der Waals surface area contributed by atoms with Crippen molar-refractivity contribution in [2.24, 2.45) is 0 Å². The molecule has 0 aliphatic carbocycles. The van der Waals surface area contributed by atoms with Crippen LogP contribution in [0.15, 0.2) is 0 Å². The molecule has 0 aliphatic rings. The van der Waals surface area contributed by atoms with Gasteiger partial charge in [-0.05, 0) is 34.7 Å². The van der Waals surface area contributed by atoms with Crippen molar-refractivity contribution in [2.45, 2.75) is 45.9 Å². The summed E-state index contributed by atoms with van der Waals surface area (Å²) in [6, 6.07) is 0.491. The van der Waals surface area contributed by atoms with Crippen molar-refractivity contribution in [1.82, 2.24) is 4.90 Å². The summed E-state index contributed by atoms with van der Waals surface area (Å²) in [6.45, 7) is 9.10. The summed E-state index contributed by atoms with van der Waals surface area (Å²) < 4.78 is 5.53. The number of rotatable bonds is 6. The maximum atomic E-state index is 9.05. The van der Waals surface area contributed by atoms with Gasteiger partial charge in [-0.1, -0.05) is 0 Å². The molecule has 0 aromatic carbocycles. The highest BCUT2D eigenvalue weighted by Crippen LogP contribution is 2.02. The molecule has 3 nitrogen and oxygen atoms in total. The number of nitrogens with zero attached hydrogens (tertiary/aromatic N) is 1. The Balaban J connectivity index is 3.83. The summed E-state index contributed by atoms with van der Waals surface area (Å²) in [7, 11) is 2.04. The lowest BCUT2D eigenvalue weighted by Crippen LogP contribution is -2.38.